The summed E-state index contributed by atoms with van der Waals surface area (Å²) in [6.45, 7) is 10.4. The maximum absolute atomic E-state index is 6.28. The quantitative estimate of drug-likeness (QED) is 0.633. The molecule has 2 fully saturated rings. The van der Waals surface area contributed by atoms with Crippen molar-refractivity contribution in [3.05, 3.63) is 42.1 Å². The van der Waals surface area contributed by atoms with Gasteiger partial charge in [-0.25, -0.2) is 0 Å². The molecule has 4 nitrogen and oxygen atoms in total. The van der Waals surface area contributed by atoms with Gasteiger partial charge in [0.2, 0.25) is 0 Å². The van der Waals surface area contributed by atoms with E-state index in [1.807, 2.05) is 12.3 Å². The number of alkyl halides is 1. The van der Waals surface area contributed by atoms with Gasteiger partial charge in [0.05, 0.1) is 5.38 Å². The first kappa shape index (κ1) is 16.5. The van der Waals surface area contributed by atoms with Crippen LogP contribution in [0.25, 0.3) is 0 Å². The fraction of sp³-hybridized carbons (Fsp3) is 0.611. The minimum absolute atomic E-state index is 0.0429. The molecule has 0 aromatic carbocycles. The van der Waals surface area contributed by atoms with E-state index in [1.165, 1.54) is 18.5 Å². The maximum Gasteiger partial charge on any atom is 0.0784 e. The summed E-state index contributed by atoms with van der Waals surface area (Å²) in [5, 5.41) is -0.0429. The van der Waals surface area contributed by atoms with Crippen LogP contribution in [0, 0.1) is 0 Å². The molecular formula is C18H27ClN4. The molecule has 0 spiro atoms. The molecule has 2 saturated heterocycles. The molecule has 126 valence electrons. The van der Waals surface area contributed by atoms with Crippen LogP contribution in [0.1, 0.15) is 19.3 Å². The van der Waals surface area contributed by atoms with E-state index < -0.39 is 0 Å². The monoisotopic (exact) mass is 334 g/mol. The third-order valence-electron chi connectivity index (χ3n) is 5.23. The molecule has 1 aliphatic carbocycles. The molecule has 5 heteroatoms. The number of piperazine rings is 1. The number of halogens is 1. The molecule has 0 aromatic heterocycles. The smallest absolute Gasteiger partial charge is 0.0784 e. The van der Waals surface area contributed by atoms with Crippen LogP contribution in [0.2, 0.25) is 0 Å². The topological polar surface area (TPSA) is 35.7 Å². The minimum atomic E-state index is -0.0429. The molecular weight excluding hydrogens is 308 g/mol. The van der Waals surface area contributed by atoms with Crippen LogP contribution in [-0.2, 0) is 0 Å². The van der Waals surface area contributed by atoms with E-state index in [9.17, 15) is 0 Å². The van der Waals surface area contributed by atoms with Gasteiger partial charge in [0.1, 0.15) is 0 Å². The number of rotatable bonds is 3. The number of likely N-dealkylation sites (tertiary alicyclic amines) is 1. The number of hydrogen-bond acceptors (Lipinski definition) is 4. The molecule has 0 amide bonds. The van der Waals surface area contributed by atoms with E-state index in [2.05, 4.69) is 33.1 Å². The lowest BCUT2D eigenvalue weighted by atomic mass is 9.99. The lowest BCUT2D eigenvalue weighted by molar-refractivity contribution is 0.0814. The highest BCUT2D eigenvalue weighted by atomic mass is 35.5. The van der Waals surface area contributed by atoms with E-state index in [4.69, 9.17) is 17.3 Å². The van der Waals surface area contributed by atoms with Crippen molar-refractivity contribution < 1.29 is 0 Å². The van der Waals surface area contributed by atoms with Crippen LogP contribution in [0.4, 0.5) is 0 Å². The van der Waals surface area contributed by atoms with Crippen LogP contribution in [0.15, 0.2) is 42.1 Å². The Morgan fingerprint density at radius 1 is 1.13 bits per heavy atom. The number of nitrogens with zero attached hydrogens (tertiary/aromatic N) is 3. The predicted octanol–water partition coefficient (Wildman–Crippen LogP) is 2.10. The van der Waals surface area contributed by atoms with Gasteiger partial charge in [0.15, 0.2) is 0 Å². The Morgan fingerprint density at radius 3 is 2.43 bits per heavy atom. The zero-order valence-electron chi connectivity index (χ0n) is 13.8. The summed E-state index contributed by atoms with van der Waals surface area (Å²) < 4.78 is 0. The van der Waals surface area contributed by atoms with Crippen molar-refractivity contribution in [2.45, 2.75) is 30.7 Å². The Balaban J connectivity index is 1.49. The van der Waals surface area contributed by atoms with Crippen molar-refractivity contribution in [3.8, 4) is 0 Å². The highest BCUT2D eigenvalue weighted by Gasteiger charge is 2.28. The van der Waals surface area contributed by atoms with E-state index >= 15 is 0 Å². The molecule has 1 unspecified atom stereocenters. The number of nitrogens with two attached hydrogens (primary N) is 1. The molecule has 0 radical (unpaired) electrons. The standard InChI is InChI=1S/C18H27ClN4/c1-2-7-21-10-12-23(13-11-21)15-5-8-22(9-6-15)16-3-4-18(20)17(19)14-16/h3-4,7,15,17H,1,5-6,8-14,20H2. The Bertz CT molecular complexity index is 519. The summed E-state index contributed by atoms with van der Waals surface area (Å²) in [5.74, 6) is 0. The van der Waals surface area contributed by atoms with E-state index in [1.54, 1.807) is 0 Å². The Labute approximate surface area is 144 Å². The van der Waals surface area contributed by atoms with Crippen LogP contribution in [0.5, 0.6) is 0 Å². The minimum Gasteiger partial charge on any atom is -0.401 e. The summed E-state index contributed by atoms with van der Waals surface area (Å²) in [5.41, 5.74) is 10.9. The Kier molecular flexibility index (Phi) is 5.37. The number of piperidine rings is 1. The van der Waals surface area contributed by atoms with Crippen molar-refractivity contribution in [1.29, 1.82) is 0 Å². The van der Waals surface area contributed by atoms with E-state index in [0.717, 1.165) is 57.4 Å². The molecule has 0 aromatic rings. The molecule has 3 rings (SSSR count). The highest BCUT2D eigenvalue weighted by molar-refractivity contribution is 6.22. The van der Waals surface area contributed by atoms with Gasteiger partial charge in [-0.3, -0.25) is 4.90 Å². The summed E-state index contributed by atoms with van der Waals surface area (Å²) in [4.78, 5) is 7.45. The van der Waals surface area contributed by atoms with Crippen molar-refractivity contribution in [1.82, 2.24) is 14.7 Å². The second kappa shape index (κ2) is 7.48. The van der Waals surface area contributed by atoms with Crippen molar-refractivity contribution in [3.63, 3.8) is 0 Å². The normalized spacial score (nSPS) is 27.3. The molecule has 2 heterocycles. The molecule has 1 atom stereocenters. The summed E-state index contributed by atoms with van der Waals surface area (Å²) >= 11 is 6.28. The summed E-state index contributed by atoms with van der Waals surface area (Å²) in [7, 11) is 0. The van der Waals surface area contributed by atoms with Gasteiger partial charge in [-0.2, -0.15) is 0 Å². The van der Waals surface area contributed by atoms with Gasteiger partial charge in [0, 0.05) is 69.3 Å². The number of allylic oxidation sites excluding steroid dienone is 4. The van der Waals surface area contributed by atoms with Crippen LogP contribution >= 0.6 is 11.6 Å². The summed E-state index contributed by atoms with van der Waals surface area (Å²) in [6, 6.07) is 0.720. The maximum atomic E-state index is 6.28. The molecule has 2 N–H and O–H groups in total. The lowest BCUT2D eigenvalue weighted by Crippen LogP contribution is -2.52. The van der Waals surface area contributed by atoms with Gasteiger partial charge in [-0.1, -0.05) is 6.58 Å². The second-order valence-electron chi connectivity index (χ2n) is 6.62. The first-order valence-electron chi connectivity index (χ1n) is 8.56. The van der Waals surface area contributed by atoms with Crippen LogP contribution in [-0.4, -0.2) is 65.4 Å². The molecule has 23 heavy (non-hydrogen) atoms. The largest absolute Gasteiger partial charge is 0.401 e. The fourth-order valence-corrected chi connectivity index (χ4v) is 4.01. The third kappa shape index (κ3) is 3.95. The second-order valence-corrected chi connectivity index (χ2v) is 7.15. The molecule has 0 saturated carbocycles. The van der Waals surface area contributed by atoms with Crippen molar-refractivity contribution in [2.24, 2.45) is 5.73 Å². The molecule has 2 aliphatic heterocycles. The first-order valence-corrected chi connectivity index (χ1v) is 9.00. The lowest BCUT2D eigenvalue weighted by Gasteiger charge is -2.43. The fourth-order valence-electron chi connectivity index (χ4n) is 3.78. The van der Waals surface area contributed by atoms with Crippen molar-refractivity contribution >= 4 is 11.6 Å². The highest BCUT2D eigenvalue weighted by Crippen LogP contribution is 2.27. The van der Waals surface area contributed by atoms with Gasteiger partial charge in [-0.15, -0.1) is 17.3 Å². The Hall–Kier alpha value is -1.35. The van der Waals surface area contributed by atoms with Crippen LogP contribution < -0.4 is 5.73 Å². The van der Waals surface area contributed by atoms with Crippen LogP contribution in [0.3, 0.4) is 0 Å². The third-order valence-corrected chi connectivity index (χ3v) is 5.63. The SMILES string of the molecule is C=C=CN1CCN(C2CCN(C3=CC=C(N)C(Cl)C3)CC2)CC1. The van der Waals surface area contributed by atoms with E-state index in [0.29, 0.717) is 0 Å². The molecule has 0 bridgehead atoms. The predicted molar refractivity (Wildman–Crippen MR) is 96.1 cm³/mol. The van der Waals surface area contributed by atoms with Gasteiger partial charge in [-0.05, 0) is 25.0 Å². The molecule has 3 aliphatic rings. The Morgan fingerprint density at radius 2 is 1.83 bits per heavy atom. The zero-order chi connectivity index (χ0) is 16.2. The number of hydrogen-bond donors (Lipinski definition) is 1. The van der Waals surface area contributed by atoms with Gasteiger partial charge in [0.25, 0.3) is 0 Å². The zero-order valence-corrected chi connectivity index (χ0v) is 14.5. The average molecular weight is 335 g/mol. The van der Waals surface area contributed by atoms with Gasteiger partial charge >= 0.3 is 0 Å². The van der Waals surface area contributed by atoms with Crippen molar-refractivity contribution in [2.75, 3.05) is 39.3 Å². The van der Waals surface area contributed by atoms with Gasteiger partial charge < -0.3 is 15.5 Å². The summed E-state index contributed by atoms with van der Waals surface area (Å²) in [6.07, 6.45) is 9.43. The van der Waals surface area contributed by atoms with E-state index in [-0.39, 0.29) is 5.38 Å². The first-order chi connectivity index (χ1) is 11.2. The average Bonchev–Trinajstić information content (AvgIpc) is 2.59.